The van der Waals surface area contributed by atoms with Crippen molar-refractivity contribution in [2.45, 2.75) is 53.0 Å². The number of hydrogen-bond donors (Lipinski definition) is 1. The first-order valence-electron chi connectivity index (χ1n) is 9.37. The third-order valence-corrected chi connectivity index (χ3v) is 5.29. The van der Waals surface area contributed by atoms with Crippen molar-refractivity contribution < 1.29 is 9.59 Å². The molecule has 5 nitrogen and oxygen atoms in total. The molecule has 0 aliphatic rings. The average molecular weight is 368 g/mol. The van der Waals surface area contributed by atoms with Gasteiger partial charge >= 0.3 is 0 Å². The highest BCUT2D eigenvalue weighted by atomic mass is 32.1. The second-order valence-corrected chi connectivity index (χ2v) is 6.80. The van der Waals surface area contributed by atoms with E-state index in [-0.39, 0.29) is 17.9 Å². The molecule has 25 heavy (non-hydrogen) atoms. The van der Waals surface area contributed by atoms with Crippen LogP contribution in [0.25, 0.3) is 0 Å². The number of thiophene rings is 1. The number of nitrogens with zero attached hydrogens (tertiary/aromatic N) is 2. The molecule has 1 aromatic heterocycles. The maximum atomic E-state index is 12.2. The van der Waals surface area contributed by atoms with Gasteiger partial charge in [0.25, 0.3) is 0 Å². The minimum absolute atomic E-state index is 0.0275. The van der Waals surface area contributed by atoms with Crippen LogP contribution < -0.4 is 5.32 Å². The highest BCUT2D eigenvalue weighted by molar-refractivity contribution is 7.07. The van der Waals surface area contributed by atoms with Crippen molar-refractivity contribution in [3.8, 4) is 0 Å². The zero-order valence-corrected chi connectivity index (χ0v) is 16.9. The lowest BCUT2D eigenvalue weighted by atomic mass is 10.1. The van der Waals surface area contributed by atoms with E-state index >= 15 is 0 Å². The summed E-state index contributed by atoms with van der Waals surface area (Å²) >= 11 is 1.68. The molecule has 0 aliphatic carbocycles. The lowest BCUT2D eigenvalue weighted by Crippen LogP contribution is -2.38. The second kappa shape index (κ2) is 12.0. The van der Waals surface area contributed by atoms with E-state index in [9.17, 15) is 9.59 Å². The van der Waals surface area contributed by atoms with E-state index < -0.39 is 0 Å². The van der Waals surface area contributed by atoms with Gasteiger partial charge in [-0.3, -0.25) is 14.5 Å². The third kappa shape index (κ3) is 7.16. The number of likely N-dealkylation sites (N-methyl/N-ethyl adjacent to an activating group) is 1. The first-order valence-corrected chi connectivity index (χ1v) is 10.3. The second-order valence-electron chi connectivity index (χ2n) is 6.02. The first kappa shape index (κ1) is 21.6. The normalized spacial score (nSPS) is 12.2. The van der Waals surface area contributed by atoms with Gasteiger partial charge < -0.3 is 10.2 Å². The van der Waals surface area contributed by atoms with E-state index in [0.29, 0.717) is 25.8 Å². The number of rotatable bonds is 12. The summed E-state index contributed by atoms with van der Waals surface area (Å²) in [6.07, 6.45) is 1.45. The molecule has 0 spiro atoms. The van der Waals surface area contributed by atoms with Crippen LogP contribution in [0, 0.1) is 0 Å². The van der Waals surface area contributed by atoms with Gasteiger partial charge in [-0.25, -0.2) is 0 Å². The molecule has 1 heterocycles. The van der Waals surface area contributed by atoms with Crippen LogP contribution in [0.4, 0.5) is 0 Å². The fourth-order valence-electron chi connectivity index (χ4n) is 3.02. The fraction of sp³-hybridized carbons (Fsp3) is 0.684. The van der Waals surface area contributed by atoms with Gasteiger partial charge in [0.2, 0.25) is 11.8 Å². The van der Waals surface area contributed by atoms with Gasteiger partial charge in [-0.2, -0.15) is 11.3 Å². The zero-order valence-electron chi connectivity index (χ0n) is 16.1. The minimum atomic E-state index is 0.0275. The number of hydrogen-bond acceptors (Lipinski definition) is 4. The van der Waals surface area contributed by atoms with Gasteiger partial charge in [0, 0.05) is 32.5 Å². The van der Waals surface area contributed by atoms with Crippen molar-refractivity contribution in [3.05, 3.63) is 22.4 Å². The van der Waals surface area contributed by atoms with Crippen LogP contribution in [0.3, 0.4) is 0 Å². The maximum absolute atomic E-state index is 12.2. The summed E-state index contributed by atoms with van der Waals surface area (Å²) in [5.74, 6) is 0.164. The maximum Gasteiger partial charge on any atom is 0.222 e. The Morgan fingerprint density at radius 3 is 2.28 bits per heavy atom. The van der Waals surface area contributed by atoms with E-state index in [2.05, 4.69) is 40.9 Å². The zero-order chi connectivity index (χ0) is 18.7. The van der Waals surface area contributed by atoms with E-state index in [1.165, 1.54) is 5.56 Å². The van der Waals surface area contributed by atoms with Gasteiger partial charge in [0.05, 0.1) is 6.04 Å². The Morgan fingerprint density at radius 1 is 1.08 bits per heavy atom. The summed E-state index contributed by atoms with van der Waals surface area (Å²) in [4.78, 5) is 28.3. The van der Waals surface area contributed by atoms with Gasteiger partial charge in [-0.15, -0.1) is 0 Å². The molecule has 1 rings (SSSR count). The molecule has 0 fully saturated rings. The summed E-state index contributed by atoms with van der Waals surface area (Å²) in [5.41, 5.74) is 1.26. The summed E-state index contributed by atoms with van der Waals surface area (Å²) < 4.78 is 0. The topological polar surface area (TPSA) is 52.7 Å². The minimum Gasteiger partial charge on any atom is -0.354 e. The van der Waals surface area contributed by atoms with Crippen LogP contribution in [0.5, 0.6) is 0 Å². The van der Waals surface area contributed by atoms with Crippen molar-refractivity contribution in [1.82, 2.24) is 15.1 Å². The van der Waals surface area contributed by atoms with Gasteiger partial charge in [0.1, 0.15) is 0 Å². The van der Waals surface area contributed by atoms with Crippen LogP contribution in [0.15, 0.2) is 16.8 Å². The standard InChI is InChI=1S/C19H33N3O2S/c1-5-21(6-2)17(16-12-13-25-15-16)14-20-18(23)10-9-11-19(24)22(7-3)8-4/h12-13,15,17H,5-11,14H2,1-4H3,(H,20,23). The molecule has 1 unspecified atom stereocenters. The van der Waals surface area contributed by atoms with Crippen molar-refractivity contribution in [2.75, 3.05) is 32.7 Å². The smallest absolute Gasteiger partial charge is 0.222 e. The highest BCUT2D eigenvalue weighted by Gasteiger charge is 2.19. The quantitative estimate of drug-likeness (QED) is 0.617. The average Bonchev–Trinajstić information content (AvgIpc) is 3.14. The van der Waals surface area contributed by atoms with Crippen molar-refractivity contribution >= 4 is 23.2 Å². The number of nitrogens with one attached hydrogen (secondary N) is 1. The Balaban J connectivity index is 2.43. The van der Waals surface area contributed by atoms with Gasteiger partial charge in [0.15, 0.2) is 0 Å². The van der Waals surface area contributed by atoms with Crippen LogP contribution >= 0.6 is 11.3 Å². The highest BCUT2D eigenvalue weighted by Crippen LogP contribution is 2.22. The van der Waals surface area contributed by atoms with Crippen LogP contribution in [0.1, 0.15) is 58.6 Å². The predicted molar refractivity (Wildman–Crippen MR) is 105 cm³/mol. The molecule has 142 valence electrons. The first-order chi connectivity index (χ1) is 12.1. The molecule has 0 saturated heterocycles. The van der Waals surface area contributed by atoms with E-state index in [0.717, 1.165) is 26.2 Å². The molecule has 1 atom stereocenters. The molecule has 0 aromatic carbocycles. The van der Waals surface area contributed by atoms with E-state index in [4.69, 9.17) is 0 Å². The molecule has 0 saturated carbocycles. The molecular weight excluding hydrogens is 334 g/mol. The van der Waals surface area contributed by atoms with Crippen molar-refractivity contribution in [1.29, 1.82) is 0 Å². The Hall–Kier alpha value is -1.40. The largest absolute Gasteiger partial charge is 0.354 e. The Labute approximate surface area is 156 Å². The van der Waals surface area contributed by atoms with E-state index in [1.54, 1.807) is 11.3 Å². The monoisotopic (exact) mass is 367 g/mol. The molecule has 6 heteroatoms. The summed E-state index contributed by atoms with van der Waals surface area (Å²) in [5, 5.41) is 7.28. The van der Waals surface area contributed by atoms with Crippen LogP contribution in [0.2, 0.25) is 0 Å². The van der Waals surface area contributed by atoms with Crippen molar-refractivity contribution in [3.63, 3.8) is 0 Å². The van der Waals surface area contributed by atoms with Crippen LogP contribution in [-0.4, -0.2) is 54.3 Å². The molecular formula is C19H33N3O2S. The summed E-state index contributed by atoms with van der Waals surface area (Å²) in [6, 6.07) is 2.34. The fourth-order valence-corrected chi connectivity index (χ4v) is 3.73. The van der Waals surface area contributed by atoms with Crippen molar-refractivity contribution in [2.24, 2.45) is 0 Å². The summed E-state index contributed by atoms with van der Waals surface area (Å²) in [7, 11) is 0. The number of carbonyl (C=O) groups is 2. The van der Waals surface area contributed by atoms with Crippen LogP contribution in [-0.2, 0) is 9.59 Å². The molecule has 0 radical (unpaired) electrons. The molecule has 1 N–H and O–H groups in total. The van der Waals surface area contributed by atoms with E-state index in [1.807, 2.05) is 18.7 Å². The number of carbonyl (C=O) groups excluding carboxylic acids is 2. The predicted octanol–water partition coefficient (Wildman–Crippen LogP) is 3.29. The lowest BCUT2D eigenvalue weighted by Gasteiger charge is -2.29. The summed E-state index contributed by atoms with van der Waals surface area (Å²) in [6.45, 7) is 12.2. The SMILES string of the molecule is CCN(CC)C(=O)CCCC(=O)NCC(c1ccsc1)N(CC)CC. The third-order valence-electron chi connectivity index (χ3n) is 4.58. The Kier molecular flexibility index (Phi) is 10.4. The number of amides is 2. The van der Waals surface area contributed by atoms with Gasteiger partial charge in [-0.1, -0.05) is 13.8 Å². The lowest BCUT2D eigenvalue weighted by molar-refractivity contribution is -0.131. The Bertz CT molecular complexity index is 497. The molecule has 2 amide bonds. The molecule has 0 bridgehead atoms. The van der Waals surface area contributed by atoms with Gasteiger partial charge in [-0.05, 0) is 55.7 Å². The molecule has 0 aliphatic heterocycles. The molecule has 1 aromatic rings. The Morgan fingerprint density at radius 2 is 1.76 bits per heavy atom.